The summed E-state index contributed by atoms with van der Waals surface area (Å²) >= 11 is 6.06. The van der Waals surface area contributed by atoms with Gasteiger partial charge >= 0.3 is 0 Å². The van der Waals surface area contributed by atoms with Gasteiger partial charge < -0.3 is 10.1 Å². The normalized spacial score (nSPS) is 9.45. The number of nitrogens with zero attached hydrogens (tertiary/aromatic N) is 2. The van der Waals surface area contributed by atoms with Crippen molar-refractivity contribution in [1.29, 1.82) is 10.5 Å². The van der Waals surface area contributed by atoms with Gasteiger partial charge in [0.25, 0.3) is 0 Å². The zero-order valence-corrected chi connectivity index (χ0v) is 12.3. The van der Waals surface area contributed by atoms with Crippen molar-refractivity contribution in [3.8, 4) is 23.6 Å². The summed E-state index contributed by atoms with van der Waals surface area (Å²) in [7, 11) is 0. The molecule has 1 N–H and O–H groups in total. The van der Waals surface area contributed by atoms with Gasteiger partial charge in [-0.3, -0.25) is 4.79 Å². The van der Waals surface area contributed by atoms with Crippen LogP contribution >= 0.6 is 11.6 Å². The molecule has 22 heavy (non-hydrogen) atoms. The number of carbonyl (C=O) groups is 1. The molecule has 108 valence electrons. The number of nitriles is 2. The first-order chi connectivity index (χ1) is 10.5. The summed E-state index contributed by atoms with van der Waals surface area (Å²) in [6, 6.07) is 13.4. The lowest BCUT2D eigenvalue weighted by atomic mass is 10.1. The van der Waals surface area contributed by atoms with Crippen LogP contribution < -0.4 is 10.1 Å². The summed E-state index contributed by atoms with van der Waals surface area (Å²) < 4.78 is 5.63. The summed E-state index contributed by atoms with van der Waals surface area (Å²) in [5, 5.41) is 20.8. The number of halogens is 1. The fourth-order valence-electron chi connectivity index (χ4n) is 1.78. The quantitative estimate of drug-likeness (QED) is 0.933. The highest BCUT2D eigenvalue weighted by atomic mass is 35.5. The van der Waals surface area contributed by atoms with Crippen LogP contribution in [0.4, 0.5) is 5.69 Å². The summed E-state index contributed by atoms with van der Waals surface area (Å²) in [6.45, 7) is 1.41. The molecule has 2 rings (SSSR count). The molecule has 0 saturated carbocycles. The zero-order valence-electron chi connectivity index (χ0n) is 11.6. The van der Waals surface area contributed by atoms with Gasteiger partial charge in [0.2, 0.25) is 5.91 Å². The third kappa shape index (κ3) is 3.54. The lowest BCUT2D eigenvalue weighted by molar-refractivity contribution is -0.114. The third-order valence-electron chi connectivity index (χ3n) is 2.70. The number of amides is 1. The second-order valence-electron chi connectivity index (χ2n) is 4.36. The van der Waals surface area contributed by atoms with E-state index in [2.05, 4.69) is 5.32 Å². The standard InChI is InChI=1S/C16H10ClN3O2/c1-10(21)20-13-3-2-4-14(7-13)22-16-6-12(9-19)11(8-18)5-15(16)17/h2-7H,1H3,(H,20,21). The minimum Gasteiger partial charge on any atom is -0.456 e. The van der Waals surface area contributed by atoms with E-state index in [-0.39, 0.29) is 27.8 Å². The molecule has 0 heterocycles. The van der Waals surface area contributed by atoms with Crippen LogP contribution in [0.5, 0.6) is 11.5 Å². The van der Waals surface area contributed by atoms with Gasteiger partial charge in [-0.2, -0.15) is 10.5 Å². The lowest BCUT2D eigenvalue weighted by Crippen LogP contribution is -2.05. The van der Waals surface area contributed by atoms with Crippen LogP contribution in [-0.2, 0) is 4.79 Å². The van der Waals surface area contributed by atoms with Crippen molar-refractivity contribution in [1.82, 2.24) is 0 Å². The van der Waals surface area contributed by atoms with Crippen molar-refractivity contribution in [2.45, 2.75) is 6.92 Å². The van der Waals surface area contributed by atoms with E-state index in [0.29, 0.717) is 11.4 Å². The topological polar surface area (TPSA) is 85.9 Å². The number of ether oxygens (including phenoxy) is 1. The molecule has 0 aromatic heterocycles. The minimum atomic E-state index is -0.194. The van der Waals surface area contributed by atoms with E-state index in [4.69, 9.17) is 26.9 Å². The highest BCUT2D eigenvalue weighted by molar-refractivity contribution is 6.32. The molecule has 0 aliphatic rings. The van der Waals surface area contributed by atoms with Crippen LogP contribution in [-0.4, -0.2) is 5.91 Å². The maximum absolute atomic E-state index is 11.1. The van der Waals surface area contributed by atoms with E-state index in [1.807, 2.05) is 12.1 Å². The summed E-state index contributed by atoms with van der Waals surface area (Å²) in [6.07, 6.45) is 0. The fraction of sp³-hybridized carbons (Fsp3) is 0.0625. The lowest BCUT2D eigenvalue weighted by Gasteiger charge is -2.10. The van der Waals surface area contributed by atoms with Gasteiger partial charge in [0.15, 0.2) is 0 Å². The Labute approximate surface area is 132 Å². The molecule has 0 aliphatic heterocycles. The molecule has 0 aliphatic carbocycles. The van der Waals surface area contributed by atoms with Gasteiger partial charge in [0.05, 0.1) is 16.1 Å². The molecule has 0 unspecified atom stereocenters. The maximum Gasteiger partial charge on any atom is 0.221 e. The summed E-state index contributed by atoms with van der Waals surface area (Å²) in [4.78, 5) is 11.1. The molecule has 5 nitrogen and oxygen atoms in total. The van der Waals surface area contributed by atoms with Crippen molar-refractivity contribution in [2.24, 2.45) is 0 Å². The van der Waals surface area contributed by atoms with Crippen LogP contribution in [0, 0.1) is 22.7 Å². The Morgan fingerprint density at radius 2 is 1.86 bits per heavy atom. The largest absolute Gasteiger partial charge is 0.456 e. The number of hydrogen-bond acceptors (Lipinski definition) is 4. The molecule has 0 radical (unpaired) electrons. The summed E-state index contributed by atoms with van der Waals surface area (Å²) in [5.41, 5.74) is 0.946. The van der Waals surface area contributed by atoms with Crippen molar-refractivity contribution < 1.29 is 9.53 Å². The molecule has 6 heteroatoms. The molecular weight excluding hydrogens is 302 g/mol. The SMILES string of the molecule is CC(=O)Nc1cccc(Oc2cc(C#N)c(C#N)cc2Cl)c1. The number of hydrogen-bond donors (Lipinski definition) is 1. The van der Waals surface area contributed by atoms with Gasteiger partial charge in [-0.1, -0.05) is 17.7 Å². The predicted octanol–water partition coefficient (Wildman–Crippen LogP) is 3.83. The molecule has 0 saturated heterocycles. The first-order valence-corrected chi connectivity index (χ1v) is 6.60. The average molecular weight is 312 g/mol. The molecule has 0 fully saturated rings. The van der Waals surface area contributed by atoms with Crippen LogP contribution in [0.3, 0.4) is 0 Å². The monoisotopic (exact) mass is 311 g/mol. The van der Waals surface area contributed by atoms with Gasteiger partial charge in [0.1, 0.15) is 23.6 Å². The van der Waals surface area contributed by atoms with Gasteiger partial charge in [-0.25, -0.2) is 0 Å². The Balaban J connectivity index is 2.34. The first kappa shape index (κ1) is 15.4. The predicted molar refractivity (Wildman–Crippen MR) is 81.7 cm³/mol. The molecule has 2 aromatic rings. The molecule has 0 bridgehead atoms. The van der Waals surface area contributed by atoms with Crippen LogP contribution in [0.1, 0.15) is 18.1 Å². The fourth-order valence-corrected chi connectivity index (χ4v) is 1.99. The smallest absolute Gasteiger partial charge is 0.221 e. The first-order valence-electron chi connectivity index (χ1n) is 6.22. The Bertz CT molecular complexity index is 819. The van der Waals surface area contributed by atoms with E-state index < -0.39 is 0 Å². The molecule has 0 atom stereocenters. The number of rotatable bonds is 3. The number of benzene rings is 2. The van der Waals surface area contributed by atoms with Gasteiger partial charge in [-0.15, -0.1) is 0 Å². The van der Waals surface area contributed by atoms with Crippen LogP contribution in [0.2, 0.25) is 5.02 Å². The van der Waals surface area contributed by atoms with E-state index in [9.17, 15) is 4.79 Å². The van der Waals surface area contributed by atoms with Gasteiger partial charge in [-0.05, 0) is 18.2 Å². The minimum absolute atomic E-state index is 0.180. The van der Waals surface area contributed by atoms with Crippen LogP contribution in [0.15, 0.2) is 36.4 Å². The summed E-state index contributed by atoms with van der Waals surface area (Å²) in [5.74, 6) is 0.513. The average Bonchev–Trinajstić information content (AvgIpc) is 2.48. The Morgan fingerprint density at radius 3 is 2.50 bits per heavy atom. The highest BCUT2D eigenvalue weighted by Gasteiger charge is 2.10. The second-order valence-corrected chi connectivity index (χ2v) is 4.77. The van der Waals surface area contributed by atoms with Crippen molar-refractivity contribution in [3.05, 3.63) is 52.5 Å². The van der Waals surface area contributed by atoms with E-state index in [0.717, 1.165) is 0 Å². The Kier molecular flexibility index (Phi) is 4.63. The number of anilines is 1. The van der Waals surface area contributed by atoms with Crippen LogP contribution in [0.25, 0.3) is 0 Å². The molecular formula is C16H10ClN3O2. The zero-order chi connectivity index (χ0) is 16.1. The second kappa shape index (κ2) is 6.62. The molecule has 2 aromatic carbocycles. The Hall–Kier alpha value is -3.02. The third-order valence-corrected chi connectivity index (χ3v) is 2.99. The number of nitrogens with one attached hydrogen (secondary N) is 1. The van der Waals surface area contributed by atoms with E-state index in [1.165, 1.54) is 19.1 Å². The number of carbonyl (C=O) groups excluding carboxylic acids is 1. The molecule has 1 amide bonds. The molecule has 0 spiro atoms. The van der Waals surface area contributed by atoms with Gasteiger partial charge in [0, 0.05) is 24.7 Å². The maximum atomic E-state index is 11.1. The van der Waals surface area contributed by atoms with E-state index >= 15 is 0 Å². The van der Waals surface area contributed by atoms with Crippen molar-refractivity contribution in [3.63, 3.8) is 0 Å². The highest BCUT2D eigenvalue weighted by Crippen LogP contribution is 2.32. The van der Waals surface area contributed by atoms with E-state index in [1.54, 1.807) is 24.3 Å². The van der Waals surface area contributed by atoms with Crippen molar-refractivity contribution >= 4 is 23.2 Å². The Morgan fingerprint density at radius 1 is 1.18 bits per heavy atom. The van der Waals surface area contributed by atoms with Crippen molar-refractivity contribution in [2.75, 3.05) is 5.32 Å².